The summed E-state index contributed by atoms with van der Waals surface area (Å²) in [6.07, 6.45) is 2.29. The van der Waals surface area contributed by atoms with E-state index in [1.807, 2.05) is 0 Å². The van der Waals surface area contributed by atoms with Crippen LogP contribution < -0.4 is 4.90 Å². The van der Waals surface area contributed by atoms with E-state index in [4.69, 9.17) is 5.11 Å². The lowest BCUT2D eigenvalue weighted by Gasteiger charge is -2.33. The van der Waals surface area contributed by atoms with E-state index < -0.39 is 5.97 Å². The minimum atomic E-state index is -0.668. The Hall–Kier alpha value is -1.51. The van der Waals surface area contributed by atoms with E-state index in [9.17, 15) is 4.79 Å². The van der Waals surface area contributed by atoms with Crippen molar-refractivity contribution in [2.24, 2.45) is 5.92 Å². The van der Waals surface area contributed by atoms with Crippen molar-refractivity contribution in [3.63, 3.8) is 0 Å². The zero-order chi connectivity index (χ0) is 12.3. The summed E-state index contributed by atoms with van der Waals surface area (Å²) in [5.41, 5.74) is 2.54. The third-order valence-corrected chi connectivity index (χ3v) is 3.44. The van der Waals surface area contributed by atoms with Crippen molar-refractivity contribution in [2.45, 2.75) is 26.2 Å². The van der Waals surface area contributed by atoms with E-state index in [-0.39, 0.29) is 0 Å². The number of rotatable bonds is 3. The minimum absolute atomic E-state index is 0.321. The topological polar surface area (TPSA) is 40.5 Å². The van der Waals surface area contributed by atoms with Crippen LogP contribution in [0.1, 0.15) is 24.8 Å². The summed E-state index contributed by atoms with van der Waals surface area (Å²) in [6.45, 7) is 4.05. The Balaban J connectivity index is 1.93. The molecule has 0 atom stereocenters. The van der Waals surface area contributed by atoms with Crippen molar-refractivity contribution in [3.05, 3.63) is 29.8 Å². The molecule has 92 valence electrons. The highest BCUT2D eigenvalue weighted by Gasteiger charge is 2.21. The van der Waals surface area contributed by atoms with Crippen LogP contribution in [0.5, 0.6) is 0 Å². The molecule has 0 saturated carbocycles. The van der Waals surface area contributed by atoms with Gasteiger partial charge in [-0.2, -0.15) is 0 Å². The number of aliphatic carboxylic acids is 1. The predicted molar refractivity (Wildman–Crippen MR) is 68.4 cm³/mol. The molecule has 1 aromatic rings. The summed E-state index contributed by atoms with van der Waals surface area (Å²) in [5, 5.41) is 8.77. The van der Waals surface area contributed by atoms with Crippen LogP contribution in [0.15, 0.2) is 24.3 Å². The molecule has 0 aliphatic carbocycles. The molecule has 0 amide bonds. The fraction of sp³-hybridized carbons (Fsp3) is 0.500. The second kappa shape index (κ2) is 5.21. The van der Waals surface area contributed by atoms with E-state index >= 15 is 0 Å². The maximum absolute atomic E-state index is 10.7. The number of hydrogen-bond donors (Lipinski definition) is 1. The van der Waals surface area contributed by atoms with Crippen LogP contribution in [-0.4, -0.2) is 24.2 Å². The van der Waals surface area contributed by atoms with Gasteiger partial charge in [-0.05, 0) is 43.4 Å². The van der Waals surface area contributed by atoms with Gasteiger partial charge in [0.2, 0.25) is 0 Å². The number of hydrogen-bond acceptors (Lipinski definition) is 2. The Kier molecular flexibility index (Phi) is 3.67. The van der Waals surface area contributed by atoms with Gasteiger partial charge in [0.05, 0.1) is 0 Å². The molecular weight excluding hydrogens is 214 g/mol. The van der Waals surface area contributed by atoms with Gasteiger partial charge in [0.1, 0.15) is 0 Å². The molecule has 17 heavy (non-hydrogen) atoms. The molecule has 0 unspecified atom stereocenters. The van der Waals surface area contributed by atoms with E-state index in [1.54, 1.807) is 0 Å². The number of benzene rings is 1. The first kappa shape index (κ1) is 12.0. The Bertz CT molecular complexity index is 395. The Morgan fingerprint density at radius 3 is 2.71 bits per heavy atom. The lowest BCUT2D eigenvalue weighted by molar-refractivity contribution is -0.138. The summed E-state index contributed by atoms with van der Waals surface area (Å²) in [5.74, 6) is -0.312. The van der Waals surface area contributed by atoms with Crippen LogP contribution in [0, 0.1) is 12.8 Å². The predicted octanol–water partition coefficient (Wildman–Crippen LogP) is 2.69. The first-order valence-corrected chi connectivity index (χ1v) is 6.18. The van der Waals surface area contributed by atoms with Gasteiger partial charge in [-0.15, -0.1) is 0 Å². The van der Waals surface area contributed by atoms with Gasteiger partial charge >= 0.3 is 5.97 Å². The van der Waals surface area contributed by atoms with Gasteiger partial charge in [-0.1, -0.05) is 12.1 Å². The summed E-state index contributed by atoms with van der Waals surface area (Å²) in [4.78, 5) is 13.0. The van der Waals surface area contributed by atoms with Crippen LogP contribution in [-0.2, 0) is 4.79 Å². The highest BCUT2D eigenvalue weighted by Crippen LogP contribution is 2.25. The van der Waals surface area contributed by atoms with Gasteiger partial charge in [0.25, 0.3) is 0 Å². The summed E-state index contributed by atoms with van der Waals surface area (Å²) >= 11 is 0. The largest absolute Gasteiger partial charge is 0.481 e. The van der Waals surface area contributed by atoms with Crippen LogP contribution >= 0.6 is 0 Å². The van der Waals surface area contributed by atoms with Crippen molar-refractivity contribution >= 4 is 11.7 Å². The quantitative estimate of drug-likeness (QED) is 0.872. The second-order valence-electron chi connectivity index (χ2n) is 4.87. The summed E-state index contributed by atoms with van der Waals surface area (Å²) < 4.78 is 0. The van der Waals surface area contributed by atoms with E-state index in [2.05, 4.69) is 36.1 Å². The van der Waals surface area contributed by atoms with Crippen LogP contribution in [0.2, 0.25) is 0 Å². The van der Waals surface area contributed by atoms with E-state index in [1.165, 1.54) is 11.3 Å². The molecule has 2 rings (SSSR count). The van der Waals surface area contributed by atoms with Crippen LogP contribution in [0.25, 0.3) is 0 Å². The fourth-order valence-electron chi connectivity index (χ4n) is 2.47. The summed E-state index contributed by atoms with van der Waals surface area (Å²) in [7, 11) is 0. The number of anilines is 1. The zero-order valence-electron chi connectivity index (χ0n) is 10.2. The zero-order valence-corrected chi connectivity index (χ0v) is 10.2. The molecule has 1 aromatic carbocycles. The van der Waals surface area contributed by atoms with Crippen molar-refractivity contribution in [1.29, 1.82) is 0 Å². The molecule has 0 radical (unpaired) electrons. The lowest BCUT2D eigenvalue weighted by Crippen LogP contribution is -2.34. The van der Waals surface area contributed by atoms with Gasteiger partial charge in [-0.25, -0.2) is 0 Å². The minimum Gasteiger partial charge on any atom is -0.481 e. The van der Waals surface area contributed by atoms with Crippen molar-refractivity contribution < 1.29 is 9.90 Å². The molecule has 3 nitrogen and oxygen atoms in total. The highest BCUT2D eigenvalue weighted by molar-refractivity contribution is 5.67. The maximum Gasteiger partial charge on any atom is 0.303 e. The average Bonchev–Trinajstić information content (AvgIpc) is 2.29. The number of carbonyl (C=O) groups is 1. The number of aryl methyl sites for hydroxylation is 1. The Labute approximate surface area is 102 Å². The standard InChI is InChI=1S/C14H19NO2/c1-11-3-2-4-13(9-11)15-7-5-12(6-8-15)10-14(16)17/h2-4,9,12H,5-8,10H2,1H3,(H,16,17). The van der Waals surface area contributed by atoms with Crippen LogP contribution in [0.3, 0.4) is 0 Å². The molecular formula is C14H19NO2. The highest BCUT2D eigenvalue weighted by atomic mass is 16.4. The first-order valence-electron chi connectivity index (χ1n) is 6.18. The van der Waals surface area contributed by atoms with Crippen molar-refractivity contribution in [2.75, 3.05) is 18.0 Å². The number of carboxylic acids is 1. The molecule has 1 saturated heterocycles. The van der Waals surface area contributed by atoms with Crippen molar-refractivity contribution in [1.82, 2.24) is 0 Å². The Morgan fingerprint density at radius 2 is 2.12 bits per heavy atom. The monoisotopic (exact) mass is 233 g/mol. The van der Waals surface area contributed by atoms with Crippen LogP contribution in [0.4, 0.5) is 5.69 Å². The third-order valence-electron chi connectivity index (χ3n) is 3.44. The molecule has 0 aromatic heterocycles. The number of piperidine rings is 1. The third kappa shape index (κ3) is 3.22. The maximum atomic E-state index is 10.7. The van der Waals surface area contributed by atoms with Gasteiger partial charge < -0.3 is 10.0 Å². The van der Waals surface area contributed by atoms with E-state index in [0.717, 1.165) is 25.9 Å². The average molecular weight is 233 g/mol. The molecule has 1 aliphatic rings. The molecule has 1 N–H and O–H groups in total. The first-order chi connectivity index (χ1) is 8.15. The molecule has 1 fully saturated rings. The molecule has 1 aliphatic heterocycles. The summed E-state index contributed by atoms with van der Waals surface area (Å²) in [6, 6.07) is 8.50. The van der Waals surface area contributed by atoms with Gasteiger partial charge in [0, 0.05) is 25.2 Å². The van der Waals surface area contributed by atoms with Gasteiger partial charge in [-0.3, -0.25) is 4.79 Å². The number of nitrogens with zero attached hydrogens (tertiary/aromatic N) is 1. The molecule has 3 heteroatoms. The fourth-order valence-corrected chi connectivity index (χ4v) is 2.47. The van der Waals surface area contributed by atoms with Crippen molar-refractivity contribution in [3.8, 4) is 0 Å². The molecule has 0 bridgehead atoms. The molecule has 0 spiro atoms. The number of carboxylic acid groups (broad SMARTS) is 1. The van der Waals surface area contributed by atoms with Gasteiger partial charge in [0.15, 0.2) is 0 Å². The SMILES string of the molecule is Cc1cccc(N2CCC(CC(=O)O)CC2)c1. The molecule has 1 heterocycles. The smallest absolute Gasteiger partial charge is 0.303 e. The second-order valence-corrected chi connectivity index (χ2v) is 4.87. The van der Waals surface area contributed by atoms with E-state index in [0.29, 0.717) is 12.3 Å². The normalized spacial score (nSPS) is 17.1. The Morgan fingerprint density at radius 1 is 1.41 bits per heavy atom. The lowest BCUT2D eigenvalue weighted by atomic mass is 9.93.